The van der Waals surface area contributed by atoms with Gasteiger partial charge < -0.3 is 9.64 Å². The molecule has 1 saturated heterocycles. The largest absolute Gasteiger partial charge is 0.368 e. The van der Waals surface area contributed by atoms with Gasteiger partial charge in [0.25, 0.3) is 5.91 Å². The number of aromatic nitrogens is 4. The Labute approximate surface area is 182 Å². The molecular weight excluding hydrogens is 390 g/mol. The molecule has 1 fully saturated rings. The third kappa shape index (κ3) is 3.47. The van der Waals surface area contributed by atoms with E-state index in [0.29, 0.717) is 25.3 Å². The maximum absolute atomic E-state index is 13.2. The van der Waals surface area contributed by atoms with Gasteiger partial charge >= 0.3 is 0 Å². The third-order valence-electron chi connectivity index (χ3n) is 6.62. The van der Waals surface area contributed by atoms with Crippen LogP contribution in [-0.2, 0) is 23.3 Å². The first-order valence-electron chi connectivity index (χ1n) is 11.2. The van der Waals surface area contributed by atoms with Crippen molar-refractivity contribution in [3.8, 4) is 5.69 Å². The zero-order chi connectivity index (χ0) is 21.4. The molecule has 7 nitrogen and oxygen atoms in total. The summed E-state index contributed by atoms with van der Waals surface area (Å²) in [4.78, 5) is 15.1. The standard InChI is InChI=1S/C24H29N5O2/c1-3-12-28-18(2)21(16-25-28)23(30)27-13-10-24(11-14-27)22-19(9-15-31-24)17-29(26-22)20-7-5-4-6-8-20/h4-8,16-17H,3,9-15H2,1-2H3. The second-order valence-electron chi connectivity index (χ2n) is 8.53. The van der Waals surface area contributed by atoms with Crippen LogP contribution in [0.2, 0.25) is 0 Å². The van der Waals surface area contributed by atoms with E-state index in [2.05, 4.69) is 30.4 Å². The molecule has 2 aliphatic rings. The van der Waals surface area contributed by atoms with Crippen molar-refractivity contribution >= 4 is 5.91 Å². The highest BCUT2D eigenvalue weighted by atomic mass is 16.5. The summed E-state index contributed by atoms with van der Waals surface area (Å²) < 4.78 is 10.2. The normalized spacial score (nSPS) is 17.7. The number of para-hydroxylation sites is 1. The average Bonchev–Trinajstić information content (AvgIpc) is 3.40. The van der Waals surface area contributed by atoms with Crippen LogP contribution in [0, 0.1) is 6.92 Å². The lowest BCUT2D eigenvalue weighted by atomic mass is 9.83. The van der Waals surface area contributed by atoms with Crippen LogP contribution in [0.5, 0.6) is 0 Å². The summed E-state index contributed by atoms with van der Waals surface area (Å²) in [6, 6.07) is 10.2. The molecule has 3 aromatic rings. The molecule has 0 atom stereocenters. The average molecular weight is 420 g/mol. The number of fused-ring (bicyclic) bond motifs is 2. The van der Waals surface area contributed by atoms with Crippen molar-refractivity contribution in [1.29, 1.82) is 0 Å². The first kappa shape index (κ1) is 20.0. The summed E-state index contributed by atoms with van der Waals surface area (Å²) in [5.41, 5.74) is 4.62. The van der Waals surface area contributed by atoms with E-state index >= 15 is 0 Å². The van der Waals surface area contributed by atoms with Gasteiger partial charge in [0.1, 0.15) is 5.60 Å². The van der Waals surface area contributed by atoms with Crippen LogP contribution in [0.25, 0.3) is 5.69 Å². The van der Waals surface area contributed by atoms with Crippen LogP contribution < -0.4 is 0 Å². The number of amides is 1. The highest BCUT2D eigenvalue weighted by molar-refractivity contribution is 5.95. The Morgan fingerprint density at radius 2 is 1.97 bits per heavy atom. The van der Waals surface area contributed by atoms with Crippen molar-refractivity contribution in [2.75, 3.05) is 19.7 Å². The zero-order valence-electron chi connectivity index (χ0n) is 18.3. The Hall–Kier alpha value is -2.93. The SMILES string of the molecule is CCCn1ncc(C(=O)N2CCC3(CC2)OCCc2cn(-c4ccccc4)nc23)c1C. The molecule has 1 spiro atoms. The van der Waals surface area contributed by atoms with Gasteiger partial charge in [0, 0.05) is 31.5 Å². The number of hydrogen-bond donors (Lipinski definition) is 0. The number of likely N-dealkylation sites (tertiary alicyclic amines) is 1. The highest BCUT2D eigenvalue weighted by Gasteiger charge is 2.44. The second kappa shape index (κ2) is 7.96. The zero-order valence-corrected chi connectivity index (χ0v) is 18.3. The molecule has 0 radical (unpaired) electrons. The number of carbonyl (C=O) groups excluding carboxylic acids is 1. The molecule has 0 unspecified atom stereocenters. The summed E-state index contributed by atoms with van der Waals surface area (Å²) in [6.45, 7) is 6.95. The number of piperidine rings is 1. The molecule has 31 heavy (non-hydrogen) atoms. The van der Waals surface area contributed by atoms with Gasteiger partial charge in [-0.15, -0.1) is 0 Å². The van der Waals surface area contributed by atoms with E-state index in [1.807, 2.05) is 39.4 Å². The van der Waals surface area contributed by atoms with E-state index in [0.717, 1.165) is 49.3 Å². The second-order valence-corrected chi connectivity index (χ2v) is 8.53. The topological polar surface area (TPSA) is 65.2 Å². The summed E-state index contributed by atoms with van der Waals surface area (Å²) in [5, 5.41) is 9.34. The summed E-state index contributed by atoms with van der Waals surface area (Å²) in [5.74, 6) is 0.0700. The van der Waals surface area contributed by atoms with Crippen molar-refractivity contribution in [2.45, 2.75) is 51.7 Å². The first-order chi connectivity index (χ1) is 15.1. The van der Waals surface area contributed by atoms with Crippen LogP contribution >= 0.6 is 0 Å². The van der Waals surface area contributed by atoms with Crippen molar-refractivity contribution in [2.24, 2.45) is 0 Å². The lowest BCUT2D eigenvalue weighted by Gasteiger charge is -2.43. The smallest absolute Gasteiger partial charge is 0.257 e. The summed E-state index contributed by atoms with van der Waals surface area (Å²) in [7, 11) is 0. The van der Waals surface area contributed by atoms with Crippen LogP contribution in [0.3, 0.4) is 0 Å². The number of ether oxygens (including phenoxy) is 1. The van der Waals surface area contributed by atoms with Crippen LogP contribution in [0.15, 0.2) is 42.7 Å². The molecule has 7 heteroatoms. The van der Waals surface area contributed by atoms with E-state index < -0.39 is 5.60 Å². The number of nitrogens with zero attached hydrogens (tertiary/aromatic N) is 5. The maximum Gasteiger partial charge on any atom is 0.257 e. The minimum absolute atomic E-state index is 0.0700. The third-order valence-corrected chi connectivity index (χ3v) is 6.62. The molecule has 1 amide bonds. The molecule has 162 valence electrons. The fourth-order valence-electron chi connectivity index (χ4n) is 4.83. The van der Waals surface area contributed by atoms with Gasteiger partial charge in [-0.1, -0.05) is 25.1 Å². The predicted octanol–water partition coefficient (Wildman–Crippen LogP) is 3.49. The molecule has 1 aromatic carbocycles. The number of aryl methyl sites for hydroxylation is 1. The van der Waals surface area contributed by atoms with Gasteiger partial charge in [-0.2, -0.15) is 10.2 Å². The highest BCUT2D eigenvalue weighted by Crippen LogP contribution is 2.41. The quantitative estimate of drug-likeness (QED) is 0.649. The van der Waals surface area contributed by atoms with E-state index in [-0.39, 0.29) is 5.91 Å². The minimum atomic E-state index is -0.397. The monoisotopic (exact) mass is 419 g/mol. The summed E-state index contributed by atoms with van der Waals surface area (Å²) in [6.07, 6.45) is 7.26. The number of rotatable bonds is 4. The molecule has 5 rings (SSSR count). The Kier molecular flexibility index (Phi) is 5.14. The fourth-order valence-corrected chi connectivity index (χ4v) is 4.83. The lowest BCUT2D eigenvalue weighted by molar-refractivity contribution is -0.0963. The van der Waals surface area contributed by atoms with E-state index in [1.165, 1.54) is 5.56 Å². The minimum Gasteiger partial charge on any atom is -0.368 e. The van der Waals surface area contributed by atoms with Gasteiger partial charge in [0.05, 0.1) is 29.7 Å². The molecule has 0 bridgehead atoms. The molecule has 4 heterocycles. The predicted molar refractivity (Wildman–Crippen MR) is 117 cm³/mol. The molecule has 2 aliphatic heterocycles. The lowest BCUT2D eigenvalue weighted by Crippen LogP contribution is -2.48. The van der Waals surface area contributed by atoms with Crippen molar-refractivity contribution in [3.63, 3.8) is 0 Å². The first-order valence-corrected chi connectivity index (χ1v) is 11.2. The number of benzene rings is 1. The van der Waals surface area contributed by atoms with Gasteiger partial charge in [0.2, 0.25) is 0 Å². The molecular formula is C24H29N5O2. The van der Waals surface area contributed by atoms with Crippen molar-refractivity contribution in [3.05, 3.63) is 65.2 Å². The van der Waals surface area contributed by atoms with Gasteiger partial charge in [-0.05, 0) is 50.3 Å². The fraction of sp³-hybridized carbons (Fsp3) is 0.458. The van der Waals surface area contributed by atoms with Crippen LogP contribution in [0.1, 0.15) is 53.5 Å². The van der Waals surface area contributed by atoms with Gasteiger partial charge in [-0.25, -0.2) is 4.68 Å². The number of carbonyl (C=O) groups is 1. The van der Waals surface area contributed by atoms with Crippen LogP contribution in [-0.4, -0.2) is 50.1 Å². The molecule has 0 N–H and O–H groups in total. The van der Waals surface area contributed by atoms with E-state index in [4.69, 9.17) is 9.84 Å². The number of hydrogen-bond acceptors (Lipinski definition) is 4. The van der Waals surface area contributed by atoms with Gasteiger partial charge in [0.15, 0.2) is 0 Å². The summed E-state index contributed by atoms with van der Waals surface area (Å²) >= 11 is 0. The Balaban J connectivity index is 1.35. The maximum atomic E-state index is 13.2. The Bertz CT molecular complexity index is 1080. The molecule has 0 aliphatic carbocycles. The van der Waals surface area contributed by atoms with Crippen molar-refractivity contribution in [1.82, 2.24) is 24.5 Å². The van der Waals surface area contributed by atoms with Gasteiger partial charge in [-0.3, -0.25) is 9.48 Å². The van der Waals surface area contributed by atoms with Crippen LogP contribution in [0.4, 0.5) is 0 Å². The molecule has 2 aromatic heterocycles. The Morgan fingerprint density at radius 1 is 1.19 bits per heavy atom. The van der Waals surface area contributed by atoms with E-state index in [1.54, 1.807) is 6.20 Å². The molecule has 0 saturated carbocycles. The van der Waals surface area contributed by atoms with Crippen molar-refractivity contribution < 1.29 is 9.53 Å². The Morgan fingerprint density at radius 3 is 2.71 bits per heavy atom. The van der Waals surface area contributed by atoms with E-state index in [9.17, 15) is 4.79 Å².